The molecule has 2 saturated carbocycles. The van der Waals surface area contributed by atoms with E-state index in [9.17, 15) is 9.90 Å². The number of anilines is 2. The lowest BCUT2D eigenvalue weighted by atomic mass is 9.54. The third-order valence-corrected chi connectivity index (χ3v) is 9.97. The van der Waals surface area contributed by atoms with Crippen molar-refractivity contribution in [2.24, 2.45) is 23.2 Å². The molecule has 0 spiro atoms. The highest BCUT2D eigenvalue weighted by Gasteiger charge is 2.58. The molecule has 6 nitrogen and oxygen atoms in total. The van der Waals surface area contributed by atoms with Gasteiger partial charge < -0.3 is 20.1 Å². The minimum absolute atomic E-state index is 0.152. The number of nitrogens with one attached hydrogen (secondary N) is 1. The largest absolute Gasteiger partial charge is 0.378 e. The Labute approximate surface area is 220 Å². The molecule has 0 radical (unpaired) electrons. The highest BCUT2D eigenvalue weighted by Crippen LogP contribution is 2.62. The molecule has 6 rings (SSSR count). The smallest absolute Gasteiger partial charge is 0.139 e. The number of aliphatic hydroxyl groups is 1. The van der Waals surface area contributed by atoms with Crippen molar-refractivity contribution >= 4 is 17.3 Å². The molecule has 2 N–H and O–H groups in total. The molecular formula is C31H41N3O3. The van der Waals surface area contributed by atoms with Gasteiger partial charge in [0.2, 0.25) is 0 Å². The van der Waals surface area contributed by atoms with E-state index >= 15 is 0 Å². The fraction of sp³-hybridized carbons (Fsp3) is 0.613. The number of aromatic nitrogens is 1. The summed E-state index contributed by atoms with van der Waals surface area (Å²) < 4.78 is 5.43. The molecule has 3 aliphatic carbocycles. The first-order valence-corrected chi connectivity index (χ1v) is 14.4. The molecule has 1 aromatic carbocycles. The number of aryl methyl sites for hydroxylation is 1. The molecule has 4 aliphatic rings. The fourth-order valence-corrected chi connectivity index (χ4v) is 8.14. The van der Waals surface area contributed by atoms with Crippen LogP contribution < -0.4 is 10.2 Å². The maximum absolute atomic E-state index is 13.3. The number of ether oxygens (including phenoxy) is 1. The highest BCUT2D eigenvalue weighted by molar-refractivity contribution is 5.87. The lowest BCUT2D eigenvalue weighted by Crippen LogP contribution is -2.44. The van der Waals surface area contributed by atoms with Crippen molar-refractivity contribution in [3.8, 4) is 0 Å². The van der Waals surface area contributed by atoms with Gasteiger partial charge in [0.1, 0.15) is 17.8 Å². The minimum atomic E-state index is -0.633. The highest BCUT2D eigenvalue weighted by atomic mass is 16.5. The number of hydrogen-bond donors (Lipinski definition) is 2. The Morgan fingerprint density at radius 1 is 1.19 bits per heavy atom. The molecule has 3 fully saturated rings. The zero-order valence-corrected chi connectivity index (χ0v) is 22.1. The van der Waals surface area contributed by atoms with Gasteiger partial charge >= 0.3 is 0 Å². The number of rotatable bonds is 7. The van der Waals surface area contributed by atoms with Gasteiger partial charge in [-0.05, 0) is 91.9 Å². The Balaban J connectivity index is 1.05. The second-order valence-corrected chi connectivity index (χ2v) is 12.0. The van der Waals surface area contributed by atoms with Crippen LogP contribution in [0.15, 0.2) is 42.6 Å². The van der Waals surface area contributed by atoms with Crippen molar-refractivity contribution < 1.29 is 14.6 Å². The normalized spacial score (nSPS) is 31.8. The van der Waals surface area contributed by atoms with Crippen LogP contribution in [0, 0.1) is 23.2 Å². The molecule has 6 heteroatoms. The topological polar surface area (TPSA) is 74.7 Å². The first-order valence-electron chi connectivity index (χ1n) is 14.4. The Hall–Kier alpha value is -2.44. The number of fused-ring (bicyclic) bond motifs is 5. The summed E-state index contributed by atoms with van der Waals surface area (Å²) in [5.41, 5.74) is 4.01. The van der Waals surface area contributed by atoms with E-state index in [1.165, 1.54) is 12.0 Å². The molecule has 0 amide bonds. The number of aliphatic hydroxyl groups excluding tert-OH is 1. The molecule has 2 heterocycles. The zero-order valence-electron chi connectivity index (χ0n) is 22.1. The number of benzene rings is 1. The lowest BCUT2D eigenvalue weighted by Gasteiger charge is -2.50. The van der Waals surface area contributed by atoms with Crippen LogP contribution in [0.4, 0.5) is 11.5 Å². The van der Waals surface area contributed by atoms with Crippen molar-refractivity contribution in [3.05, 3.63) is 53.7 Å². The summed E-state index contributed by atoms with van der Waals surface area (Å²) >= 11 is 0. The van der Waals surface area contributed by atoms with Crippen molar-refractivity contribution in [1.29, 1.82) is 0 Å². The van der Waals surface area contributed by atoms with Crippen molar-refractivity contribution in [1.82, 2.24) is 4.98 Å². The van der Waals surface area contributed by atoms with Crippen LogP contribution in [0.3, 0.4) is 0 Å². The summed E-state index contributed by atoms with van der Waals surface area (Å²) in [6.45, 7) is 5.53. The predicted molar refractivity (Wildman–Crippen MR) is 146 cm³/mol. The summed E-state index contributed by atoms with van der Waals surface area (Å²) in [5.74, 6) is 3.32. The van der Waals surface area contributed by atoms with Gasteiger partial charge in [0.25, 0.3) is 0 Å². The first-order chi connectivity index (χ1) is 18.0. The van der Waals surface area contributed by atoms with Crippen LogP contribution >= 0.6 is 0 Å². The summed E-state index contributed by atoms with van der Waals surface area (Å²) in [5, 5.41) is 13.8. The standard InChI is InChI=1S/C31H41N3O3/c1-31-14-13-25-24-7-3-2-5-21(24)9-11-26(25)30(31)22(19-27(31)35)6-4-8-29(36)33-28-12-10-23(20-32-28)34-15-17-37-18-16-34/h2-3,5,7,10,12,20,22,25-26,29-30,36H,4,6,8-9,11,13-19H2,1H3,(H,32,33)/t22-,25?,26?,29+,30?,31-/m1/s1. The molecule has 0 bridgehead atoms. The van der Waals surface area contributed by atoms with Gasteiger partial charge in [0.05, 0.1) is 25.1 Å². The fourth-order valence-electron chi connectivity index (χ4n) is 8.14. The summed E-state index contributed by atoms with van der Waals surface area (Å²) in [7, 11) is 0. The van der Waals surface area contributed by atoms with Crippen LogP contribution in [-0.2, 0) is 16.0 Å². The minimum Gasteiger partial charge on any atom is -0.378 e. The zero-order chi connectivity index (χ0) is 25.4. The molecule has 1 aliphatic heterocycles. The molecule has 37 heavy (non-hydrogen) atoms. The maximum Gasteiger partial charge on any atom is 0.139 e. The van der Waals surface area contributed by atoms with Crippen LogP contribution in [0.25, 0.3) is 0 Å². The van der Waals surface area contributed by atoms with Gasteiger partial charge in [-0.3, -0.25) is 4.79 Å². The number of pyridine rings is 1. The van der Waals surface area contributed by atoms with Crippen LogP contribution in [0.5, 0.6) is 0 Å². The summed E-state index contributed by atoms with van der Waals surface area (Å²) in [6.07, 6.45) is 9.08. The molecule has 1 saturated heterocycles. The molecule has 3 unspecified atom stereocenters. The third-order valence-electron chi connectivity index (χ3n) is 9.97. The number of ketones is 1. The van der Waals surface area contributed by atoms with E-state index in [0.717, 1.165) is 70.5 Å². The monoisotopic (exact) mass is 503 g/mol. The number of carbonyl (C=O) groups is 1. The quantitative estimate of drug-likeness (QED) is 0.508. The van der Waals surface area contributed by atoms with Gasteiger partial charge in [-0.2, -0.15) is 0 Å². The van der Waals surface area contributed by atoms with Gasteiger partial charge in [-0.15, -0.1) is 0 Å². The molecule has 198 valence electrons. The van der Waals surface area contributed by atoms with E-state index in [2.05, 4.69) is 52.5 Å². The number of hydrogen-bond acceptors (Lipinski definition) is 6. The molecule has 2 aromatic rings. The van der Waals surface area contributed by atoms with E-state index in [-0.39, 0.29) is 5.41 Å². The Bertz CT molecular complexity index is 1100. The second-order valence-electron chi connectivity index (χ2n) is 12.0. The molecular weight excluding hydrogens is 462 g/mol. The lowest BCUT2D eigenvalue weighted by molar-refractivity contribution is -0.129. The molecule has 1 aromatic heterocycles. The van der Waals surface area contributed by atoms with E-state index in [0.29, 0.717) is 41.7 Å². The predicted octanol–water partition coefficient (Wildman–Crippen LogP) is 5.17. The second kappa shape index (κ2) is 10.4. The van der Waals surface area contributed by atoms with Crippen LogP contribution in [-0.4, -0.2) is 48.4 Å². The number of Topliss-reactive ketones (excluding diaryl/α,β-unsaturated/α-hetero) is 1. The van der Waals surface area contributed by atoms with E-state index in [1.807, 2.05) is 12.3 Å². The number of carbonyl (C=O) groups excluding carboxylic acids is 1. The van der Waals surface area contributed by atoms with Crippen LogP contribution in [0.2, 0.25) is 0 Å². The van der Waals surface area contributed by atoms with Crippen LogP contribution in [0.1, 0.15) is 68.9 Å². The average molecular weight is 504 g/mol. The SMILES string of the molecule is C[C@]12CCC3c4ccccc4CCC3C1[C@H](CCC[C@H](O)Nc1ccc(N3CCOCC3)cn1)CC2=O. The Morgan fingerprint density at radius 3 is 2.84 bits per heavy atom. The first kappa shape index (κ1) is 24.9. The van der Waals surface area contributed by atoms with Gasteiger partial charge in [-0.1, -0.05) is 31.2 Å². The van der Waals surface area contributed by atoms with E-state index in [1.54, 1.807) is 5.56 Å². The van der Waals surface area contributed by atoms with Gasteiger partial charge in [0.15, 0.2) is 0 Å². The summed E-state index contributed by atoms with van der Waals surface area (Å²) in [4.78, 5) is 20.1. The maximum atomic E-state index is 13.3. The van der Waals surface area contributed by atoms with E-state index < -0.39 is 6.23 Å². The number of nitrogens with zero attached hydrogens (tertiary/aromatic N) is 2. The van der Waals surface area contributed by atoms with E-state index in [4.69, 9.17) is 4.74 Å². The molecule has 6 atom stereocenters. The average Bonchev–Trinajstić information content (AvgIpc) is 3.19. The van der Waals surface area contributed by atoms with Gasteiger partial charge in [0, 0.05) is 24.9 Å². The third kappa shape index (κ3) is 4.79. The summed E-state index contributed by atoms with van der Waals surface area (Å²) in [6, 6.07) is 13.0. The van der Waals surface area contributed by atoms with Crippen molar-refractivity contribution in [2.75, 3.05) is 36.5 Å². The van der Waals surface area contributed by atoms with Crippen molar-refractivity contribution in [3.63, 3.8) is 0 Å². The van der Waals surface area contributed by atoms with Gasteiger partial charge in [-0.25, -0.2) is 4.98 Å². The number of morpholine rings is 1. The Morgan fingerprint density at radius 2 is 2.03 bits per heavy atom. The Kier molecular flexibility index (Phi) is 6.97. The van der Waals surface area contributed by atoms with Crippen molar-refractivity contribution in [2.45, 2.75) is 70.4 Å².